The summed E-state index contributed by atoms with van der Waals surface area (Å²) in [6, 6.07) is 7.75. The van der Waals surface area contributed by atoms with Gasteiger partial charge in [-0.1, -0.05) is 12.1 Å². The Morgan fingerprint density at radius 2 is 2.06 bits per heavy atom. The van der Waals surface area contributed by atoms with Crippen LogP contribution in [0.25, 0.3) is 11.0 Å². The third-order valence-corrected chi connectivity index (χ3v) is 3.44. The maximum atomic E-state index is 11.1. The minimum atomic E-state index is -0.0470. The number of fused-ring (bicyclic) bond motifs is 1. The van der Waals surface area contributed by atoms with Crippen LogP contribution in [0.1, 0.15) is 19.3 Å². The molecule has 0 spiro atoms. The molecule has 1 unspecified atom stereocenters. The largest absolute Gasteiger partial charge is 0.346 e. The van der Waals surface area contributed by atoms with Crippen molar-refractivity contribution in [2.24, 2.45) is 0 Å². The molecule has 2 heterocycles. The van der Waals surface area contributed by atoms with Crippen molar-refractivity contribution in [3.8, 4) is 0 Å². The molecule has 0 bridgehead atoms. The number of carbonyl (C=O) groups excluding carboxylic acids is 1. The summed E-state index contributed by atoms with van der Waals surface area (Å²) in [7, 11) is 0. The summed E-state index contributed by atoms with van der Waals surface area (Å²) < 4.78 is 0. The molecule has 4 nitrogen and oxygen atoms in total. The Morgan fingerprint density at radius 3 is 2.89 bits per heavy atom. The number of nitrogens with zero attached hydrogens (tertiary/aromatic N) is 3. The fraction of sp³-hybridized carbons (Fsp3) is 0.357. The van der Waals surface area contributed by atoms with Gasteiger partial charge in [0, 0.05) is 6.54 Å². The third-order valence-electron chi connectivity index (χ3n) is 3.44. The van der Waals surface area contributed by atoms with Gasteiger partial charge in [-0.15, -0.1) is 0 Å². The van der Waals surface area contributed by atoms with Crippen LogP contribution in [0, 0.1) is 0 Å². The van der Waals surface area contributed by atoms with Crippen molar-refractivity contribution in [3.05, 3.63) is 30.5 Å². The van der Waals surface area contributed by atoms with Crippen LogP contribution in [0.4, 0.5) is 5.82 Å². The van der Waals surface area contributed by atoms with E-state index >= 15 is 0 Å². The van der Waals surface area contributed by atoms with E-state index in [2.05, 4.69) is 14.9 Å². The molecule has 3 rings (SSSR count). The Labute approximate surface area is 106 Å². The van der Waals surface area contributed by atoms with Crippen molar-refractivity contribution < 1.29 is 4.79 Å². The molecule has 0 aliphatic carbocycles. The summed E-state index contributed by atoms with van der Waals surface area (Å²) in [5.74, 6) is 0.811. The van der Waals surface area contributed by atoms with E-state index < -0.39 is 0 Å². The second kappa shape index (κ2) is 4.72. The van der Waals surface area contributed by atoms with Gasteiger partial charge in [0.05, 0.1) is 23.3 Å². The molecular formula is C14H15N3O. The van der Waals surface area contributed by atoms with Gasteiger partial charge < -0.3 is 9.69 Å². The summed E-state index contributed by atoms with van der Waals surface area (Å²) in [5.41, 5.74) is 1.77. The second-order valence-electron chi connectivity index (χ2n) is 4.61. The lowest BCUT2D eigenvalue weighted by Gasteiger charge is -2.33. The molecule has 1 atom stereocenters. The van der Waals surface area contributed by atoms with Gasteiger partial charge in [-0.2, -0.15) is 0 Å². The number of rotatable bonds is 2. The number of carbonyl (C=O) groups is 1. The molecule has 2 aromatic rings. The smallest absolute Gasteiger partial charge is 0.148 e. The maximum Gasteiger partial charge on any atom is 0.148 e. The molecule has 0 amide bonds. The minimum Gasteiger partial charge on any atom is -0.346 e. The van der Waals surface area contributed by atoms with E-state index in [-0.39, 0.29) is 6.04 Å². The normalized spacial score (nSPS) is 20.0. The van der Waals surface area contributed by atoms with Gasteiger partial charge in [0.1, 0.15) is 12.1 Å². The molecule has 1 aliphatic rings. The van der Waals surface area contributed by atoms with E-state index in [1.54, 1.807) is 6.20 Å². The van der Waals surface area contributed by atoms with Crippen LogP contribution in [0.15, 0.2) is 30.5 Å². The van der Waals surface area contributed by atoms with Crippen molar-refractivity contribution in [1.82, 2.24) is 9.97 Å². The van der Waals surface area contributed by atoms with Gasteiger partial charge in [0.15, 0.2) is 0 Å². The van der Waals surface area contributed by atoms with Crippen molar-refractivity contribution in [2.75, 3.05) is 11.4 Å². The van der Waals surface area contributed by atoms with E-state index in [9.17, 15) is 4.79 Å². The van der Waals surface area contributed by atoms with Crippen molar-refractivity contribution >= 4 is 23.1 Å². The first-order chi connectivity index (χ1) is 8.88. The summed E-state index contributed by atoms with van der Waals surface area (Å²) in [4.78, 5) is 22.2. The highest BCUT2D eigenvalue weighted by Gasteiger charge is 2.23. The molecule has 1 aromatic heterocycles. The van der Waals surface area contributed by atoms with Gasteiger partial charge in [0.25, 0.3) is 0 Å². The lowest BCUT2D eigenvalue weighted by Crippen LogP contribution is -2.41. The Kier molecular flexibility index (Phi) is 2.92. The molecule has 1 saturated heterocycles. The zero-order valence-electron chi connectivity index (χ0n) is 10.1. The highest BCUT2D eigenvalue weighted by Crippen LogP contribution is 2.23. The summed E-state index contributed by atoms with van der Waals surface area (Å²) >= 11 is 0. The zero-order chi connectivity index (χ0) is 12.4. The Bertz CT molecular complexity index is 570. The summed E-state index contributed by atoms with van der Waals surface area (Å²) in [6.07, 6.45) is 5.93. The molecular weight excluding hydrogens is 226 g/mol. The second-order valence-corrected chi connectivity index (χ2v) is 4.61. The highest BCUT2D eigenvalue weighted by atomic mass is 16.1. The van der Waals surface area contributed by atoms with Gasteiger partial charge in [-0.05, 0) is 31.4 Å². The number of anilines is 1. The minimum absolute atomic E-state index is 0.0470. The summed E-state index contributed by atoms with van der Waals surface area (Å²) in [5, 5.41) is 0. The fourth-order valence-electron chi connectivity index (χ4n) is 2.47. The number of aldehydes is 1. The van der Waals surface area contributed by atoms with Crippen LogP contribution in [-0.2, 0) is 4.79 Å². The van der Waals surface area contributed by atoms with Crippen LogP contribution in [0.2, 0.25) is 0 Å². The van der Waals surface area contributed by atoms with E-state index in [1.807, 2.05) is 24.3 Å². The van der Waals surface area contributed by atoms with Gasteiger partial charge in [-0.25, -0.2) is 4.98 Å². The van der Waals surface area contributed by atoms with Crippen molar-refractivity contribution in [3.63, 3.8) is 0 Å². The molecule has 18 heavy (non-hydrogen) atoms. The van der Waals surface area contributed by atoms with E-state index in [1.165, 1.54) is 0 Å². The number of piperidine rings is 1. The topological polar surface area (TPSA) is 46.1 Å². The van der Waals surface area contributed by atoms with Crippen molar-refractivity contribution in [1.29, 1.82) is 0 Å². The highest BCUT2D eigenvalue weighted by molar-refractivity contribution is 5.76. The lowest BCUT2D eigenvalue weighted by molar-refractivity contribution is -0.109. The lowest BCUT2D eigenvalue weighted by atomic mass is 10.0. The SMILES string of the molecule is O=CC1CCCCN1c1cnc2ccccc2n1. The van der Waals surface area contributed by atoms with Crippen LogP contribution < -0.4 is 4.90 Å². The average molecular weight is 241 g/mol. The van der Waals surface area contributed by atoms with E-state index in [4.69, 9.17) is 0 Å². The molecule has 4 heteroatoms. The maximum absolute atomic E-state index is 11.1. The molecule has 1 aliphatic heterocycles. The van der Waals surface area contributed by atoms with Crippen LogP contribution in [0.5, 0.6) is 0 Å². The molecule has 92 valence electrons. The quantitative estimate of drug-likeness (QED) is 0.756. The number of hydrogen-bond acceptors (Lipinski definition) is 4. The number of aromatic nitrogens is 2. The first-order valence-corrected chi connectivity index (χ1v) is 6.32. The molecule has 0 N–H and O–H groups in total. The molecule has 0 radical (unpaired) electrons. The van der Waals surface area contributed by atoms with Gasteiger partial charge >= 0.3 is 0 Å². The van der Waals surface area contributed by atoms with Crippen LogP contribution in [-0.4, -0.2) is 28.8 Å². The van der Waals surface area contributed by atoms with E-state index in [0.29, 0.717) is 0 Å². The Hall–Kier alpha value is -1.97. The molecule has 1 aromatic carbocycles. The Balaban J connectivity index is 1.99. The predicted molar refractivity (Wildman–Crippen MR) is 70.6 cm³/mol. The standard InChI is InChI=1S/C14H15N3O/c18-10-11-5-3-4-8-17(11)14-9-15-12-6-1-2-7-13(12)16-14/h1-2,6-7,9-11H,3-5,8H2. The van der Waals surface area contributed by atoms with Gasteiger partial charge in [0.2, 0.25) is 0 Å². The number of hydrogen-bond donors (Lipinski definition) is 0. The fourth-order valence-corrected chi connectivity index (χ4v) is 2.47. The average Bonchev–Trinajstić information content (AvgIpc) is 2.46. The number of benzene rings is 1. The van der Waals surface area contributed by atoms with Gasteiger partial charge in [-0.3, -0.25) is 4.98 Å². The number of para-hydroxylation sites is 2. The first kappa shape index (κ1) is 11.1. The Morgan fingerprint density at radius 1 is 1.22 bits per heavy atom. The molecule has 0 saturated carbocycles. The zero-order valence-corrected chi connectivity index (χ0v) is 10.1. The summed E-state index contributed by atoms with van der Waals surface area (Å²) in [6.45, 7) is 0.885. The third kappa shape index (κ3) is 1.94. The van der Waals surface area contributed by atoms with Crippen molar-refractivity contribution in [2.45, 2.75) is 25.3 Å². The monoisotopic (exact) mass is 241 g/mol. The van der Waals surface area contributed by atoms with Crippen LogP contribution >= 0.6 is 0 Å². The van der Waals surface area contributed by atoms with E-state index in [0.717, 1.165) is 48.9 Å². The molecule has 1 fully saturated rings. The van der Waals surface area contributed by atoms with Crippen LogP contribution in [0.3, 0.4) is 0 Å². The predicted octanol–water partition coefficient (Wildman–Crippen LogP) is 2.19. The first-order valence-electron chi connectivity index (χ1n) is 6.32.